The fourth-order valence-corrected chi connectivity index (χ4v) is 8.86. The molecule has 4 amide bonds. The number of aromatic nitrogens is 1. The van der Waals surface area contributed by atoms with Crippen LogP contribution in [0.1, 0.15) is 102 Å². The third kappa shape index (κ3) is 9.59. The molecule has 3 aliphatic rings. The van der Waals surface area contributed by atoms with Gasteiger partial charge in [-0.1, -0.05) is 68.8 Å². The molecule has 0 unspecified atom stereocenters. The Labute approximate surface area is 337 Å². The number of halogens is 2. The lowest BCUT2D eigenvalue weighted by molar-refractivity contribution is -0.138. The van der Waals surface area contributed by atoms with Crippen molar-refractivity contribution in [1.82, 2.24) is 25.2 Å². The molecule has 0 spiro atoms. The highest BCUT2D eigenvalue weighted by atomic mass is 32.2. The number of hydrogen-bond donors (Lipinski definition) is 3. The molecule has 0 radical (unpaired) electrons. The molecule has 2 saturated carbocycles. The summed E-state index contributed by atoms with van der Waals surface area (Å²) in [4.78, 5) is 58.0. The number of alkyl halides is 2. The largest absolute Gasteiger partial charge is 0.484 e. The molecule has 3 fully saturated rings. The van der Waals surface area contributed by atoms with Crippen LogP contribution in [0, 0.1) is 5.92 Å². The molecule has 3 heterocycles. The minimum Gasteiger partial charge on any atom is -0.484 e. The standard InChI is InChI=1S/C42H51F2N5O8S/c1-5-32-35(6-2)57-38-36(22-33(46-37(32)38)27-14-16-28(17-15-27)39(43)44)56-30-21-34(49(24-30)26(4)51)40(52)47-42(41(53)48-58(54,55)31-18-19-31)23-29(42)13-11-9-7-8-10-12-20-45-25(3)50/h5,11,13-17,22,29-31,34,39H,1,6-10,12,18-21,23-24H2,2-4H3,(H,45,50)(H,47,52)(H,48,53)/b13-11-/t29-,30-,34+,42-/m1/s1. The van der Waals surface area contributed by atoms with E-state index in [9.17, 15) is 36.4 Å². The number of nitrogens with one attached hydrogen (secondary N) is 3. The molecule has 58 heavy (non-hydrogen) atoms. The number of carbonyl (C=O) groups excluding carboxylic acids is 4. The Kier molecular flexibility index (Phi) is 13.0. The molecule has 1 aliphatic heterocycles. The summed E-state index contributed by atoms with van der Waals surface area (Å²) in [6.45, 7) is 9.29. The van der Waals surface area contributed by atoms with Crippen LogP contribution in [-0.2, 0) is 35.6 Å². The van der Waals surface area contributed by atoms with E-state index in [2.05, 4.69) is 21.9 Å². The van der Waals surface area contributed by atoms with Gasteiger partial charge >= 0.3 is 0 Å². The summed E-state index contributed by atoms with van der Waals surface area (Å²) >= 11 is 0. The van der Waals surface area contributed by atoms with E-state index in [1.807, 2.05) is 19.1 Å². The maximum absolute atomic E-state index is 14.1. The molecular weight excluding hydrogens is 773 g/mol. The van der Waals surface area contributed by atoms with Gasteiger partial charge in [-0.05, 0) is 38.5 Å². The van der Waals surface area contributed by atoms with E-state index in [4.69, 9.17) is 14.1 Å². The van der Waals surface area contributed by atoms with E-state index in [1.165, 1.54) is 30.9 Å². The van der Waals surface area contributed by atoms with Crippen molar-refractivity contribution in [3.63, 3.8) is 0 Å². The Balaban J connectivity index is 1.20. The zero-order chi connectivity index (χ0) is 41.8. The number of unbranched alkanes of at least 4 members (excludes halogenated alkanes) is 4. The van der Waals surface area contributed by atoms with Gasteiger partial charge in [0, 0.05) is 61.9 Å². The van der Waals surface area contributed by atoms with Crippen LogP contribution in [0.25, 0.3) is 28.4 Å². The maximum atomic E-state index is 14.1. The lowest BCUT2D eigenvalue weighted by Gasteiger charge is -2.25. The second-order valence-corrected chi connectivity index (χ2v) is 17.3. The number of fused-ring (bicyclic) bond motifs is 1. The summed E-state index contributed by atoms with van der Waals surface area (Å²) in [6, 6.07) is 6.33. The normalized spacial score (nSPS) is 21.7. The first-order valence-corrected chi connectivity index (χ1v) is 21.4. The number of allylic oxidation sites excluding steroid dienone is 1. The number of rotatable bonds is 19. The summed E-state index contributed by atoms with van der Waals surface area (Å²) in [5.41, 5.74) is 0.760. The van der Waals surface area contributed by atoms with E-state index < -0.39 is 63.0 Å². The fraction of sp³-hybridized carbons (Fsp3) is 0.500. The lowest BCUT2D eigenvalue weighted by Crippen LogP contribution is -2.56. The lowest BCUT2D eigenvalue weighted by atomic mass is 10.1. The smallest absolute Gasteiger partial charge is 0.263 e. The molecule has 13 nitrogen and oxygen atoms in total. The highest BCUT2D eigenvalue weighted by Crippen LogP contribution is 2.46. The van der Waals surface area contributed by atoms with Crippen LogP contribution in [0.4, 0.5) is 8.78 Å². The fourth-order valence-electron chi connectivity index (χ4n) is 7.50. The summed E-state index contributed by atoms with van der Waals surface area (Å²) in [6.07, 6.45) is 8.06. The number of sulfonamides is 1. The van der Waals surface area contributed by atoms with Crippen molar-refractivity contribution >= 4 is 50.8 Å². The molecule has 3 aromatic rings. The number of ether oxygens (including phenoxy) is 1. The van der Waals surface area contributed by atoms with E-state index in [0.29, 0.717) is 59.5 Å². The van der Waals surface area contributed by atoms with Crippen LogP contribution in [0.2, 0.25) is 0 Å². The van der Waals surface area contributed by atoms with Crippen LogP contribution in [0.5, 0.6) is 5.75 Å². The molecule has 16 heteroatoms. The highest BCUT2D eigenvalue weighted by molar-refractivity contribution is 7.91. The van der Waals surface area contributed by atoms with E-state index in [-0.39, 0.29) is 36.6 Å². The second-order valence-electron chi connectivity index (χ2n) is 15.3. The Morgan fingerprint density at radius 2 is 1.83 bits per heavy atom. The van der Waals surface area contributed by atoms with Gasteiger partial charge in [0.15, 0.2) is 11.3 Å². The molecule has 1 saturated heterocycles. The van der Waals surface area contributed by atoms with Crippen molar-refractivity contribution in [1.29, 1.82) is 0 Å². The number of amides is 4. The zero-order valence-electron chi connectivity index (χ0n) is 33.0. The van der Waals surface area contributed by atoms with Gasteiger partial charge in [0.05, 0.1) is 17.5 Å². The number of pyridine rings is 1. The maximum Gasteiger partial charge on any atom is 0.263 e. The Bertz CT molecular complexity index is 2190. The molecule has 312 valence electrons. The average molecular weight is 824 g/mol. The van der Waals surface area contributed by atoms with Crippen LogP contribution >= 0.6 is 0 Å². The van der Waals surface area contributed by atoms with Crippen LogP contribution in [0.3, 0.4) is 0 Å². The minimum absolute atomic E-state index is 0.0225. The molecule has 4 atom stereocenters. The molecule has 0 bridgehead atoms. The molecule has 1 aromatic carbocycles. The minimum atomic E-state index is -3.91. The number of furan rings is 1. The highest BCUT2D eigenvalue weighted by Gasteiger charge is 2.62. The van der Waals surface area contributed by atoms with Crippen molar-refractivity contribution in [2.75, 3.05) is 13.1 Å². The van der Waals surface area contributed by atoms with Gasteiger partial charge in [0.1, 0.15) is 29.0 Å². The van der Waals surface area contributed by atoms with Crippen molar-refractivity contribution in [3.05, 3.63) is 65.9 Å². The number of hydrogen-bond acceptors (Lipinski definition) is 9. The Morgan fingerprint density at radius 1 is 1.10 bits per heavy atom. The van der Waals surface area contributed by atoms with Crippen LogP contribution in [-0.4, -0.2) is 78.0 Å². The third-order valence-electron chi connectivity index (χ3n) is 11.0. The summed E-state index contributed by atoms with van der Waals surface area (Å²) < 4.78 is 67.2. The molecule has 2 aromatic heterocycles. The van der Waals surface area contributed by atoms with Crippen LogP contribution in [0.15, 0.2) is 53.5 Å². The molecular formula is C42H51F2N5O8S. The first kappa shape index (κ1) is 42.5. The van der Waals surface area contributed by atoms with Gasteiger partial charge in [-0.3, -0.25) is 23.9 Å². The summed E-state index contributed by atoms with van der Waals surface area (Å²) in [7, 11) is -3.91. The number of benzene rings is 1. The van der Waals surface area contributed by atoms with E-state index in [0.717, 1.165) is 32.1 Å². The van der Waals surface area contributed by atoms with Crippen molar-refractivity contribution in [2.45, 2.75) is 114 Å². The van der Waals surface area contributed by atoms with Gasteiger partial charge in [-0.25, -0.2) is 22.2 Å². The predicted molar refractivity (Wildman–Crippen MR) is 214 cm³/mol. The second kappa shape index (κ2) is 17.8. The first-order chi connectivity index (χ1) is 27.7. The van der Waals surface area contributed by atoms with Crippen molar-refractivity contribution < 1.29 is 45.5 Å². The van der Waals surface area contributed by atoms with Crippen LogP contribution < -0.4 is 20.1 Å². The monoisotopic (exact) mass is 823 g/mol. The molecule has 2 aliphatic carbocycles. The molecule has 3 N–H and O–H groups in total. The summed E-state index contributed by atoms with van der Waals surface area (Å²) in [5, 5.41) is 4.98. The third-order valence-corrected chi connectivity index (χ3v) is 12.8. The van der Waals surface area contributed by atoms with Gasteiger partial charge in [-0.2, -0.15) is 0 Å². The number of aryl methyl sites for hydroxylation is 1. The van der Waals surface area contributed by atoms with Crippen molar-refractivity contribution in [2.24, 2.45) is 5.92 Å². The zero-order valence-corrected chi connectivity index (χ0v) is 33.8. The number of carbonyl (C=O) groups is 4. The van der Waals surface area contributed by atoms with Crippen molar-refractivity contribution in [3.8, 4) is 17.0 Å². The van der Waals surface area contributed by atoms with Gasteiger partial charge < -0.3 is 24.7 Å². The average Bonchev–Trinajstić information content (AvgIpc) is 4.08. The topological polar surface area (TPSA) is 177 Å². The van der Waals surface area contributed by atoms with Gasteiger partial charge in [0.25, 0.3) is 12.3 Å². The van der Waals surface area contributed by atoms with E-state index in [1.54, 1.807) is 24.3 Å². The quantitative estimate of drug-likeness (QED) is 0.0948. The predicted octanol–water partition coefficient (Wildman–Crippen LogP) is 6.13. The van der Waals surface area contributed by atoms with E-state index >= 15 is 0 Å². The first-order valence-electron chi connectivity index (χ1n) is 19.9. The number of nitrogens with zero attached hydrogens (tertiary/aromatic N) is 2. The summed E-state index contributed by atoms with van der Waals surface area (Å²) in [5.74, 6) is -1.46. The molecule has 6 rings (SSSR count). The van der Waals surface area contributed by atoms with Gasteiger partial charge in [0.2, 0.25) is 27.7 Å². The number of likely N-dealkylation sites (tertiary alicyclic amines) is 1. The van der Waals surface area contributed by atoms with Gasteiger partial charge in [-0.15, -0.1) is 0 Å². The SMILES string of the molecule is C=Cc1c(CC)oc2c(O[C@@H]3C[C@@H](C(=O)N[C@]4(C(=O)NS(=O)(=O)C5CC5)C[C@H]4/C=C\CCCCCCNC(C)=O)N(C(C)=O)C3)cc(-c3ccc(C(F)F)cc3)nc12. The Hall–Kier alpha value is -5.12. The Morgan fingerprint density at radius 3 is 2.47 bits per heavy atom.